The van der Waals surface area contributed by atoms with Crippen molar-refractivity contribution < 1.29 is 13.2 Å². The van der Waals surface area contributed by atoms with E-state index in [0.29, 0.717) is 36.4 Å². The summed E-state index contributed by atoms with van der Waals surface area (Å²) < 4.78 is 32.6. The van der Waals surface area contributed by atoms with Gasteiger partial charge in [0.25, 0.3) is 0 Å². The van der Waals surface area contributed by atoms with Crippen molar-refractivity contribution in [3.8, 4) is 0 Å². The van der Waals surface area contributed by atoms with Crippen molar-refractivity contribution in [2.45, 2.75) is 31.2 Å². The second-order valence-electron chi connectivity index (χ2n) is 4.61. The molecule has 1 aromatic carbocycles. The van der Waals surface area contributed by atoms with Crippen molar-refractivity contribution in [1.82, 2.24) is 4.72 Å². The Balaban J connectivity index is 2.37. The zero-order chi connectivity index (χ0) is 13.3. The van der Waals surface area contributed by atoms with E-state index < -0.39 is 10.0 Å². The summed E-state index contributed by atoms with van der Waals surface area (Å²) in [5.41, 5.74) is 7.57. The summed E-state index contributed by atoms with van der Waals surface area (Å²) in [4.78, 5) is 0.286. The first-order valence-electron chi connectivity index (χ1n) is 5.87. The zero-order valence-corrected chi connectivity index (χ0v) is 11.4. The Labute approximate surface area is 107 Å². The highest BCUT2D eigenvalue weighted by atomic mass is 32.2. The van der Waals surface area contributed by atoms with Crippen molar-refractivity contribution in [1.29, 1.82) is 0 Å². The molecule has 0 saturated carbocycles. The van der Waals surface area contributed by atoms with Gasteiger partial charge in [0.2, 0.25) is 10.0 Å². The minimum Gasteiger partial charge on any atom is -0.398 e. The molecule has 0 aromatic heterocycles. The Hall–Kier alpha value is -1.11. The number of sulfonamides is 1. The van der Waals surface area contributed by atoms with Gasteiger partial charge in [-0.2, -0.15) is 0 Å². The van der Waals surface area contributed by atoms with Crippen LogP contribution in [-0.4, -0.2) is 27.7 Å². The fourth-order valence-electron chi connectivity index (χ4n) is 2.16. The van der Waals surface area contributed by atoms with Crippen LogP contribution in [0.4, 0.5) is 5.69 Å². The van der Waals surface area contributed by atoms with E-state index in [-0.39, 0.29) is 10.9 Å². The molecule has 1 unspecified atom stereocenters. The molecular weight excluding hydrogens is 252 g/mol. The molecule has 0 spiro atoms. The van der Waals surface area contributed by atoms with E-state index >= 15 is 0 Å². The quantitative estimate of drug-likeness (QED) is 0.801. The number of hydrogen-bond acceptors (Lipinski definition) is 4. The van der Waals surface area contributed by atoms with Crippen molar-refractivity contribution in [3.05, 3.63) is 23.3 Å². The summed E-state index contributed by atoms with van der Waals surface area (Å²) in [6.45, 7) is 4.52. The van der Waals surface area contributed by atoms with E-state index in [4.69, 9.17) is 10.5 Å². The number of rotatable bonds is 3. The molecule has 1 saturated heterocycles. The third-order valence-electron chi connectivity index (χ3n) is 3.16. The van der Waals surface area contributed by atoms with Crippen LogP contribution >= 0.6 is 0 Å². The number of nitrogens with two attached hydrogens (primary N) is 1. The maximum absolute atomic E-state index is 12.4. The normalized spacial score (nSPS) is 20.2. The lowest BCUT2D eigenvalue weighted by Crippen LogP contribution is -2.35. The fourth-order valence-corrected chi connectivity index (χ4v) is 3.92. The summed E-state index contributed by atoms with van der Waals surface area (Å²) in [5.74, 6) is 0. The number of hydrogen-bond donors (Lipinski definition) is 2. The zero-order valence-electron chi connectivity index (χ0n) is 10.6. The largest absolute Gasteiger partial charge is 0.398 e. The summed E-state index contributed by atoms with van der Waals surface area (Å²) >= 11 is 0. The molecule has 6 heteroatoms. The van der Waals surface area contributed by atoms with E-state index in [9.17, 15) is 8.42 Å². The van der Waals surface area contributed by atoms with E-state index in [1.165, 1.54) is 0 Å². The van der Waals surface area contributed by atoms with Crippen LogP contribution in [0.25, 0.3) is 0 Å². The summed E-state index contributed by atoms with van der Waals surface area (Å²) in [6.07, 6.45) is 0.708. The molecule has 0 aliphatic carbocycles. The minimum absolute atomic E-state index is 0.143. The van der Waals surface area contributed by atoms with Crippen LogP contribution < -0.4 is 10.5 Å². The molecule has 1 atom stereocenters. The van der Waals surface area contributed by atoms with Gasteiger partial charge in [0.05, 0.1) is 11.5 Å². The number of ether oxygens (including phenoxy) is 1. The SMILES string of the molecule is Cc1ccc(N)c(C)c1S(=O)(=O)NC1CCOC1. The van der Waals surface area contributed by atoms with Crippen molar-refractivity contribution in [2.75, 3.05) is 18.9 Å². The number of benzene rings is 1. The van der Waals surface area contributed by atoms with Crippen LogP contribution in [0.5, 0.6) is 0 Å². The first-order valence-corrected chi connectivity index (χ1v) is 7.36. The third kappa shape index (κ3) is 2.50. The van der Waals surface area contributed by atoms with Crippen molar-refractivity contribution in [3.63, 3.8) is 0 Å². The second kappa shape index (κ2) is 4.87. The number of nitrogens with one attached hydrogen (secondary N) is 1. The van der Waals surface area contributed by atoms with E-state index in [1.807, 2.05) is 0 Å². The predicted octanol–water partition coefficient (Wildman–Crippen LogP) is 0.953. The Morgan fingerprint density at radius 1 is 1.39 bits per heavy atom. The molecule has 1 aromatic rings. The van der Waals surface area contributed by atoms with Gasteiger partial charge >= 0.3 is 0 Å². The van der Waals surface area contributed by atoms with Gasteiger partial charge in [0.15, 0.2) is 0 Å². The number of anilines is 1. The van der Waals surface area contributed by atoms with Gasteiger partial charge in [-0.05, 0) is 37.5 Å². The molecular formula is C12H18N2O3S. The number of aryl methyl sites for hydroxylation is 1. The van der Waals surface area contributed by atoms with Gasteiger partial charge in [-0.15, -0.1) is 0 Å². The average Bonchev–Trinajstić information content (AvgIpc) is 2.75. The van der Waals surface area contributed by atoms with Crippen LogP contribution in [0.3, 0.4) is 0 Å². The Bertz CT molecular complexity index is 549. The molecule has 100 valence electrons. The van der Waals surface area contributed by atoms with Crippen molar-refractivity contribution >= 4 is 15.7 Å². The third-order valence-corrected chi connectivity index (χ3v) is 4.97. The smallest absolute Gasteiger partial charge is 0.241 e. The Morgan fingerprint density at radius 3 is 2.72 bits per heavy atom. The minimum atomic E-state index is -3.54. The highest BCUT2D eigenvalue weighted by Crippen LogP contribution is 2.25. The molecule has 0 amide bonds. The van der Waals surface area contributed by atoms with E-state index in [2.05, 4.69) is 4.72 Å². The highest BCUT2D eigenvalue weighted by Gasteiger charge is 2.26. The monoisotopic (exact) mass is 270 g/mol. The average molecular weight is 270 g/mol. The lowest BCUT2D eigenvalue weighted by Gasteiger charge is -2.16. The van der Waals surface area contributed by atoms with Gasteiger partial charge in [0.1, 0.15) is 0 Å². The molecule has 0 bridgehead atoms. The molecule has 0 radical (unpaired) electrons. The Morgan fingerprint density at radius 2 is 2.11 bits per heavy atom. The van der Waals surface area contributed by atoms with E-state index in [0.717, 1.165) is 0 Å². The molecule has 3 N–H and O–H groups in total. The molecule has 5 nitrogen and oxygen atoms in total. The summed E-state index contributed by atoms with van der Waals surface area (Å²) in [5, 5.41) is 0. The molecule has 1 aliphatic rings. The lowest BCUT2D eigenvalue weighted by atomic mass is 10.1. The maximum atomic E-state index is 12.4. The number of nitrogen functional groups attached to an aromatic ring is 1. The second-order valence-corrected chi connectivity index (χ2v) is 6.26. The first-order chi connectivity index (χ1) is 8.42. The summed E-state index contributed by atoms with van der Waals surface area (Å²) in [7, 11) is -3.54. The van der Waals surface area contributed by atoms with E-state index in [1.54, 1.807) is 26.0 Å². The topological polar surface area (TPSA) is 81.4 Å². The predicted molar refractivity (Wildman–Crippen MR) is 69.9 cm³/mol. The molecule has 1 aliphatic heterocycles. The van der Waals surface area contributed by atoms with Crippen LogP contribution in [-0.2, 0) is 14.8 Å². The van der Waals surface area contributed by atoms with Gasteiger partial charge in [-0.1, -0.05) is 6.07 Å². The van der Waals surface area contributed by atoms with Crippen LogP contribution in [0.2, 0.25) is 0 Å². The van der Waals surface area contributed by atoms with Gasteiger partial charge in [-0.25, -0.2) is 13.1 Å². The molecule has 1 fully saturated rings. The van der Waals surface area contributed by atoms with Crippen LogP contribution in [0.15, 0.2) is 17.0 Å². The van der Waals surface area contributed by atoms with Gasteiger partial charge in [-0.3, -0.25) is 0 Å². The lowest BCUT2D eigenvalue weighted by molar-refractivity contribution is 0.192. The van der Waals surface area contributed by atoms with Gasteiger partial charge in [0, 0.05) is 18.3 Å². The standard InChI is InChI=1S/C12H18N2O3S/c1-8-3-4-11(13)9(2)12(8)18(15,16)14-10-5-6-17-7-10/h3-4,10,14H,5-7,13H2,1-2H3. The van der Waals surface area contributed by atoms with Crippen molar-refractivity contribution in [2.24, 2.45) is 0 Å². The van der Waals surface area contributed by atoms with Crippen LogP contribution in [0.1, 0.15) is 17.5 Å². The summed E-state index contributed by atoms with van der Waals surface area (Å²) in [6, 6.07) is 3.31. The maximum Gasteiger partial charge on any atom is 0.241 e. The van der Waals surface area contributed by atoms with Crippen LogP contribution in [0, 0.1) is 13.8 Å². The Kier molecular flexibility index (Phi) is 3.61. The highest BCUT2D eigenvalue weighted by molar-refractivity contribution is 7.89. The molecule has 2 rings (SSSR count). The molecule has 18 heavy (non-hydrogen) atoms. The first kappa shape index (κ1) is 13.3. The van der Waals surface area contributed by atoms with Gasteiger partial charge < -0.3 is 10.5 Å². The fraction of sp³-hybridized carbons (Fsp3) is 0.500. The molecule has 1 heterocycles.